The molecule has 0 bridgehead atoms. The van der Waals surface area contributed by atoms with E-state index < -0.39 is 0 Å². The van der Waals surface area contributed by atoms with Gasteiger partial charge in [0.1, 0.15) is 5.75 Å². The predicted molar refractivity (Wildman–Crippen MR) is 101 cm³/mol. The molecule has 5 heteroatoms. The van der Waals surface area contributed by atoms with Gasteiger partial charge in [0.05, 0.1) is 11.2 Å². The van der Waals surface area contributed by atoms with Gasteiger partial charge in [-0.3, -0.25) is 9.97 Å². The molecule has 4 aromatic rings. The van der Waals surface area contributed by atoms with Crippen LogP contribution in [0.5, 0.6) is 5.75 Å². The average molecular weight is 363 g/mol. The van der Waals surface area contributed by atoms with Crippen molar-refractivity contribution in [1.82, 2.24) is 9.97 Å². The Hall–Kier alpha value is -3.11. The summed E-state index contributed by atoms with van der Waals surface area (Å²) >= 11 is 0. The Labute approximate surface area is 158 Å². The zero-order valence-corrected chi connectivity index (χ0v) is 14.9. The molecule has 0 unspecified atom stereocenters. The van der Waals surface area contributed by atoms with Gasteiger partial charge in [0.25, 0.3) is 0 Å². The van der Waals surface area contributed by atoms with Gasteiger partial charge < -0.3 is 22.8 Å². The molecule has 4 nitrogen and oxygen atoms in total. The van der Waals surface area contributed by atoms with Crippen molar-refractivity contribution < 1.29 is 17.5 Å². The van der Waals surface area contributed by atoms with Crippen molar-refractivity contribution in [2.75, 3.05) is 5.32 Å². The fraction of sp³-hybridized carbons (Fsp3) is 0.0476. The Morgan fingerprint density at radius 1 is 0.846 bits per heavy atom. The summed E-state index contributed by atoms with van der Waals surface area (Å²) in [6.45, 7) is 2.00. The third-order valence-electron chi connectivity index (χ3n) is 4.19. The Bertz CT molecular complexity index is 1050. The van der Waals surface area contributed by atoms with Gasteiger partial charge in [0.15, 0.2) is 0 Å². The smallest absolute Gasteiger partial charge is 0.117 e. The summed E-state index contributed by atoms with van der Waals surface area (Å²) < 4.78 is 0. The van der Waals surface area contributed by atoms with E-state index in [9.17, 15) is 5.11 Å². The summed E-state index contributed by atoms with van der Waals surface area (Å²) in [5, 5.41) is 14.2. The molecule has 2 aromatic heterocycles. The fourth-order valence-electron chi connectivity index (χ4n) is 2.84. The largest absolute Gasteiger partial charge is 1.00 e. The second kappa shape index (κ2) is 7.42. The van der Waals surface area contributed by atoms with Crippen LogP contribution in [0.25, 0.3) is 22.2 Å². The summed E-state index contributed by atoms with van der Waals surface area (Å²) in [5.41, 5.74) is 5.74. The number of nitrogens with one attached hydrogen (secondary N) is 1. The highest BCUT2D eigenvalue weighted by molar-refractivity contribution is 5.95. The van der Waals surface area contributed by atoms with Crippen molar-refractivity contribution in [2.45, 2.75) is 6.92 Å². The van der Waals surface area contributed by atoms with Crippen molar-refractivity contribution >= 4 is 22.3 Å². The van der Waals surface area contributed by atoms with Crippen molar-refractivity contribution in [2.24, 2.45) is 0 Å². The van der Waals surface area contributed by atoms with Gasteiger partial charge in [0, 0.05) is 40.8 Å². The number of aryl methyl sites for hydroxylation is 1. The van der Waals surface area contributed by atoms with E-state index in [1.165, 1.54) is 0 Å². The maximum absolute atomic E-state index is 9.73. The Morgan fingerprint density at radius 2 is 1.73 bits per heavy atom. The minimum atomic E-state index is 0. The first-order valence-corrected chi connectivity index (χ1v) is 8.07. The highest BCUT2D eigenvalue weighted by atomic mass is 35.5. The molecular weight excluding hydrogens is 346 g/mol. The van der Waals surface area contributed by atoms with Crippen molar-refractivity contribution in [3.05, 3.63) is 78.6 Å². The third-order valence-corrected chi connectivity index (χ3v) is 4.19. The molecule has 4 rings (SSSR count). The average Bonchev–Trinajstić information content (AvgIpc) is 2.65. The lowest BCUT2D eigenvalue weighted by Crippen LogP contribution is -3.00. The molecule has 0 atom stereocenters. The molecule has 0 saturated carbocycles. The van der Waals surface area contributed by atoms with Crippen molar-refractivity contribution in [3.63, 3.8) is 0 Å². The number of fused-ring (bicyclic) bond motifs is 1. The molecule has 0 spiro atoms. The zero-order valence-electron chi connectivity index (χ0n) is 14.1. The third kappa shape index (κ3) is 3.46. The number of anilines is 2. The first kappa shape index (κ1) is 17.7. The predicted octanol–water partition coefficient (Wildman–Crippen LogP) is 2.06. The number of hydrogen-bond donors (Lipinski definition) is 2. The minimum absolute atomic E-state index is 0. The molecule has 2 heterocycles. The first-order valence-electron chi connectivity index (χ1n) is 8.07. The number of phenolic OH excluding ortho intramolecular Hbond substituents is 1. The minimum Gasteiger partial charge on any atom is -1.00 e. The van der Waals surface area contributed by atoms with Crippen molar-refractivity contribution in [1.29, 1.82) is 0 Å². The van der Waals surface area contributed by atoms with Crippen LogP contribution in [-0.2, 0) is 0 Å². The van der Waals surface area contributed by atoms with E-state index in [-0.39, 0.29) is 18.2 Å². The number of rotatable bonds is 3. The summed E-state index contributed by atoms with van der Waals surface area (Å²) in [6.07, 6.45) is 3.57. The molecule has 0 fully saturated rings. The molecule has 0 aliphatic heterocycles. The highest BCUT2D eigenvalue weighted by Crippen LogP contribution is 2.30. The van der Waals surface area contributed by atoms with Gasteiger partial charge in [-0.2, -0.15) is 0 Å². The van der Waals surface area contributed by atoms with Gasteiger partial charge in [-0.15, -0.1) is 0 Å². The molecule has 0 amide bonds. The van der Waals surface area contributed by atoms with Crippen LogP contribution < -0.4 is 17.7 Å². The molecular formula is C21H17ClN3O-. The Balaban J connectivity index is 0.00000196. The number of benzene rings is 2. The maximum Gasteiger partial charge on any atom is 0.117 e. The summed E-state index contributed by atoms with van der Waals surface area (Å²) in [4.78, 5) is 8.89. The van der Waals surface area contributed by atoms with Crippen LogP contribution >= 0.6 is 0 Å². The number of aromatic hydroxyl groups is 1. The van der Waals surface area contributed by atoms with Crippen molar-refractivity contribution in [3.8, 4) is 17.0 Å². The van der Waals surface area contributed by atoms with E-state index in [0.717, 1.165) is 39.1 Å². The Morgan fingerprint density at radius 3 is 2.54 bits per heavy atom. The van der Waals surface area contributed by atoms with E-state index in [1.54, 1.807) is 24.5 Å². The van der Waals surface area contributed by atoms with Crippen LogP contribution in [0.1, 0.15) is 5.56 Å². The van der Waals surface area contributed by atoms with Gasteiger partial charge in [0.2, 0.25) is 0 Å². The number of halogens is 1. The number of pyridine rings is 2. The van der Waals surface area contributed by atoms with E-state index in [2.05, 4.69) is 15.3 Å². The lowest BCUT2D eigenvalue weighted by atomic mass is 10.1. The topological polar surface area (TPSA) is 58.0 Å². The number of phenols is 1. The van der Waals surface area contributed by atoms with Crippen LogP contribution in [0.3, 0.4) is 0 Å². The van der Waals surface area contributed by atoms with Crippen LogP contribution in [0, 0.1) is 6.92 Å². The lowest BCUT2D eigenvalue weighted by Gasteiger charge is -2.13. The molecule has 0 radical (unpaired) electrons. The van der Waals surface area contributed by atoms with Gasteiger partial charge in [-0.25, -0.2) is 0 Å². The molecule has 26 heavy (non-hydrogen) atoms. The number of hydrogen-bond acceptors (Lipinski definition) is 4. The summed E-state index contributed by atoms with van der Waals surface area (Å²) in [6, 6.07) is 19.2. The summed E-state index contributed by atoms with van der Waals surface area (Å²) in [5.74, 6) is 0.240. The van der Waals surface area contributed by atoms with E-state index in [0.29, 0.717) is 0 Å². The van der Waals surface area contributed by atoms with Gasteiger partial charge in [-0.05, 0) is 42.8 Å². The van der Waals surface area contributed by atoms with Gasteiger partial charge in [-0.1, -0.05) is 24.3 Å². The monoisotopic (exact) mass is 362 g/mol. The highest BCUT2D eigenvalue weighted by Gasteiger charge is 2.07. The molecule has 130 valence electrons. The molecule has 0 aliphatic rings. The van der Waals surface area contributed by atoms with Crippen LogP contribution in [0.2, 0.25) is 0 Å². The Kier molecular flexibility index (Phi) is 5.05. The zero-order chi connectivity index (χ0) is 17.2. The normalized spacial score (nSPS) is 10.3. The van der Waals surface area contributed by atoms with Gasteiger partial charge >= 0.3 is 0 Å². The molecule has 2 aromatic carbocycles. The van der Waals surface area contributed by atoms with Crippen LogP contribution in [0.15, 0.2) is 73.1 Å². The standard InChI is InChI=1S/C21H17N3O.ClH/c1-14-5-7-16(25)13-20(14)24-19-9-11-23-21-12-15(6-8-17(19)21)18-4-2-3-10-22-18;/h2-13,25H,1H3,(H,23,24);1H/p-1. The second-order valence-corrected chi connectivity index (χ2v) is 5.93. The lowest BCUT2D eigenvalue weighted by molar-refractivity contribution is -0.00000608. The fourth-order valence-corrected chi connectivity index (χ4v) is 2.84. The van der Waals surface area contributed by atoms with E-state index in [4.69, 9.17) is 0 Å². The second-order valence-electron chi connectivity index (χ2n) is 5.93. The molecule has 0 aliphatic carbocycles. The first-order chi connectivity index (χ1) is 12.2. The van der Waals surface area contributed by atoms with Crippen LogP contribution in [-0.4, -0.2) is 15.1 Å². The maximum atomic E-state index is 9.73. The quantitative estimate of drug-likeness (QED) is 0.585. The molecule has 2 N–H and O–H groups in total. The summed E-state index contributed by atoms with van der Waals surface area (Å²) in [7, 11) is 0. The number of nitrogens with zero attached hydrogens (tertiary/aromatic N) is 2. The van der Waals surface area contributed by atoms with E-state index in [1.807, 2.05) is 55.5 Å². The van der Waals surface area contributed by atoms with E-state index >= 15 is 0 Å². The van der Waals surface area contributed by atoms with Crippen LogP contribution in [0.4, 0.5) is 11.4 Å². The SMILES string of the molecule is Cc1ccc(O)cc1Nc1ccnc2cc(-c3ccccn3)ccc12.[Cl-]. The number of aromatic nitrogens is 2. The molecule has 0 saturated heterocycles.